The van der Waals surface area contributed by atoms with E-state index in [1.807, 2.05) is 0 Å². The first-order valence-electron chi connectivity index (χ1n) is 17.0. The van der Waals surface area contributed by atoms with Crippen LogP contribution in [0.15, 0.2) is 34.0 Å². The molecule has 256 valence electrons. The Morgan fingerprint density at radius 1 is 0.646 bits per heavy atom. The SMILES string of the molecule is CC(C(=O)C(C)N1CCN([C@H]2C[C@@H](n3cc(Br)c4c(Cl)ncnc43)C2)CC1)N1CCN([C@H]2C[C@@H](n3cc(Br)c4c(Cl)ncnc43)C2)CC1. The Hall–Kier alpha value is -1.71. The van der Waals surface area contributed by atoms with Crippen LogP contribution in [0.3, 0.4) is 0 Å². The highest BCUT2D eigenvalue weighted by molar-refractivity contribution is 9.11. The van der Waals surface area contributed by atoms with Gasteiger partial charge >= 0.3 is 0 Å². The third-order valence-corrected chi connectivity index (χ3v) is 13.4. The number of carbonyl (C=O) groups excluding carboxylic acids is 1. The van der Waals surface area contributed by atoms with Gasteiger partial charge in [0.2, 0.25) is 0 Å². The number of ketones is 1. The van der Waals surface area contributed by atoms with E-state index in [4.69, 9.17) is 23.2 Å². The van der Waals surface area contributed by atoms with E-state index in [-0.39, 0.29) is 12.1 Å². The minimum absolute atomic E-state index is 0.0669. The van der Waals surface area contributed by atoms with E-state index < -0.39 is 0 Å². The Kier molecular flexibility index (Phi) is 9.36. The summed E-state index contributed by atoms with van der Waals surface area (Å²) in [4.78, 5) is 41.0. The van der Waals surface area contributed by atoms with Crippen molar-refractivity contribution in [3.8, 4) is 0 Å². The van der Waals surface area contributed by atoms with Crippen LogP contribution < -0.4 is 0 Å². The van der Waals surface area contributed by atoms with E-state index in [0.29, 0.717) is 40.3 Å². The first-order chi connectivity index (χ1) is 23.2. The van der Waals surface area contributed by atoms with Crippen LogP contribution in [0, 0.1) is 0 Å². The number of aromatic nitrogens is 6. The van der Waals surface area contributed by atoms with Gasteiger partial charge in [-0.05, 0) is 71.4 Å². The van der Waals surface area contributed by atoms with Crippen LogP contribution in [-0.4, -0.2) is 131 Å². The molecule has 2 aliphatic carbocycles. The van der Waals surface area contributed by atoms with Gasteiger partial charge in [-0.1, -0.05) is 23.2 Å². The molecule has 15 heteroatoms. The summed E-state index contributed by atoms with van der Waals surface area (Å²) in [6.07, 6.45) is 11.7. The largest absolute Gasteiger partial charge is 0.328 e. The molecule has 4 aromatic rings. The summed E-state index contributed by atoms with van der Waals surface area (Å²) in [5, 5.41) is 2.74. The van der Waals surface area contributed by atoms with Gasteiger partial charge in [-0.3, -0.25) is 24.4 Å². The molecule has 48 heavy (non-hydrogen) atoms. The van der Waals surface area contributed by atoms with Crippen LogP contribution in [0.4, 0.5) is 0 Å². The van der Waals surface area contributed by atoms with E-state index in [1.165, 1.54) is 12.7 Å². The summed E-state index contributed by atoms with van der Waals surface area (Å²) in [6.45, 7) is 12.0. The molecule has 8 rings (SSSR count). The van der Waals surface area contributed by atoms with Crippen molar-refractivity contribution in [1.82, 2.24) is 48.7 Å². The van der Waals surface area contributed by atoms with Crippen molar-refractivity contribution in [1.29, 1.82) is 0 Å². The molecule has 11 nitrogen and oxygen atoms in total. The molecule has 2 unspecified atom stereocenters. The van der Waals surface area contributed by atoms with E-state index in [0.717, 1.165) is 109 Å². The van der Waals surface area contributed by atoms with Crippen molar-refractivity contribution < 1.29 is 4.79 Å². The lowest BCUT2D eigenvalue weighted by Gasteiger charge is -2.48. The second kappa shape index (κ2) is 13.4. The smallest absolute Gasteiger partial charge is 0.166 e. The third-order valence-electron chi connectivity index (χ3n) is 11.6. The van der Waals surface area contributed by atoms with Gasteiger partial charge in [-0.25, -0.2) is 19.9 Å². The number of piperazine rings is 2. The number of nitrogens with zero attached hydrogens (tertiary/aromatic N) is 10. The summed E-state index contributed by atoms with van der Waals surface area (Å²) in [7, 11) is 0. The van der Waals surface area contributed by atoms with Gasteiger partial charge in [0.1, 0.15) is 34.3 Å². The molecule has 6 heterocycles. The number of hydrogen-bond donors (Lipinski definition) is 0. The van der Waals surface area contributed by atoms with Gasteiger partial charge in [0.15, 0.2) is 5.78 Å². The quantitative estimate of drug-likeness (QED) is 0.208. The number of Topliss-reactive ketones (excluding diaryl/α,β-unsaturated/α-hetero) is 1. The van der Waals surface area contributed by atoms with Crippen LogP contribution >= 0.6 is 55.1 Å². The van der Waals surface area contributed by atoms with E-state index in [9.17, 15) is 4.79 Å². The van der Waals surface area contributed by atoms with E-state index in [2.05, 4.69) is 107 Å². The molecule has 2 saturated carbocycles. The number of rotatable bonds is 8. The molecule has 0 aromatic carbocycles. The predicted octanol–water partition coefficient (Wildman–Crippen LogP) is 5.70. The lowest BCUT2D eigenvalue weighted by Crippen LogP contribution is -2.60. The molecule has 2 saturated heterocycles. The average molecular weight is 823 g/mol. The molecule has 4 aliphatic rings. The fraction of sp³-hybridized carbons (Fsp3) is 0.606. The van der Waals surface area contributed by atoms with Gasteiger partial charge in [0.05, 0.1) is 22.9 Å². The first kappa shape index (κ1) is 33.4. The monoisotopic (exact) mass is 820 g/mol. The Balaban J connectivity index is 0.782. The van der Waals surface area contributed by atoms with Crippen LogP contribution in [0.25, 0.3) is 22.1 Å². The lowest BCUT2D eigenvalue weighted by molar-refractivity contribution is -0.130. The average Bonchev–Trinajstić information content (AvgIpc) is 3.56. The molecule has 0 bridgehead atoms. The Morgan fingerprint density at radius 2 is 1.02 bits per heavy atom. The van der Waals surface area contributed by atoms with E-state index in [1.54, 1.807) is 0 Å². The lowest BCUT2D eigenvalue weighted by atomic mass is 9.84. The molecule has 2 aliphatic heterocycles. The Labute approximate surface area is 307 Å². The number of carbonyl (C=O) groups is 1. The molecule has 4 aromatic heterocycles. The third kappa shape index (κ3) is 5.93. The number of halogens is 4. The number of fused-ring (bicyclic) bond motifs is 2. The van der Waals surface area contributed by atoms with Crippen molar-refractivity contribution in [2.45, 2.75) is 75.8 Å². The normalized spacial score (nSPS) is 27.6. The zero-order chi connectivity index (χ0) is 33.3. The molecule has 0 radical (unpaired) electrons. The zero-order valence-corrected chi connectivity index (χ0v) is 31.8. The molecular weight excluding hydrogens is 783 g/mol. The van der Waals surface area contributed by atoms with Gasteiger partial charge in [-0.2, -0.15) is 0 Å². The number of hydrogen-bond acceptors (Lipinski definition) is 9. The van der Waals surface area contributed by atoms with Gasteiger partial charge < -0.3 is 9.13 Å². The summed E-state index contributed by atoms with van der Waals surface area (Å²) in [5.41, 5.74) is 1.79. The second-order valence-corrected chi connectivity index (χ2v) is 16.4. The molecular formula is C33H40Br2Cl2N10O. The highest BCUT2D eigenvalue weighted by Gasteiger charge is 2.40. The summed E-state index contributed by atoms with van der Waals surface area (Å²) < 4.78 is 6.39. The van der Waals surface area contributed by atoms with Crippen molar-refractivity contribution in [2.75, 3.05) is 52.4 Å². The maximum absolute atomic E-state index is 13.7. The molecule has 4 fully saturated rings. The van der Waals surface area contributed by atoms with Crippen molar-refractivity contribution in [3.63, 3.8) is 0 Å². The van der Waals surface area contributed by atoms with E-state index >= 15 is 0 Å². The summed E-state index contributed by atoms with van der Waals surface area (Å²) in [6, 6.07) is 1.82. The highest BCUT2D eigenvalue weighted by Crippen LogP contribution is 2.42. The fourth-order valence-electron chi connectivity index (χ4n) is 8.42. The maximum Gasteiger partial charge on any atom is 0.166 e. The van der Waals surface area contributed by atoms with Gasteiger partial charge in [0.25, 0.3) is 0 Å². The van der Waals surface area contributed by atoms with Gasteiger partial charge in [0, 0.05) is 97.9 Å². The molecule has 0 amide bonds. The Bertz CT molecular complexity index is 1690. The predicted molar refractivity (Wildman–Crippen MR) is 195 cm³/mol. The summed E-state index contributed by atoms with van der Waals surface area (Å²) in [5.74, 6) is 0.348. The molecule has 2 atom stereocenters. The second-order valence-electron chi connectivity index (χ2n) is 14.0. The van der Waals surface area contributed by atoms with Crippen LogP contribution in [0.1, 0.15) is 51.6 Å². The van der Waals surface area contributed by atoms with Gasteiger partial charge in [-0.15, -0.1) is 0 Å². The summed E-state index contributed by atoms with van der Waals surface area (Å²) >= 11 is 20.0. The minimum atomic E-state index is -0.0669. The fourth-order valence-corrected chi connectivity index (χ4v) is 10.3. The van der Waals surface area contributed by atoms with Crippen molar-refractivity contribution in [3.05, 3.63) is 44.3 Å². The topological polar surface area (TPSA) is 91.5 Å². The van der Waals surface area contributed by atoms with Crippen molar-refractivity contribution >= 4 is 82.9 Å². The van der Waals surface area contributed by atoms with Crippen LogP contribution in [-0.2, 0) is 4.79 Å². The highest BCUT2D eigenvalue weighted by atomic mass is 79.9. The standard InChI is InChI=1S/C33H40Br2Cl2N10O/c1-19(42-3-7-44(8-4-42)21-11-23(12-21)46-15-25(34)27-30(36)38-17-40-32(27)46)29(48)20(2)43-5-9-45(10-6-43)22-13-24(14-22)47-16-26(35)28-31(37)39-18-41-33(28)47/h15-24H,3-14H2,1-2H3/t19?,20?,21-,22-,23+,24+. The van der Waals surface area contributed by atoms with Crippen LogP contribution in [0.5, 0.6) is 0 Å². The molecule has 0 spiro atoms. The van der Waals surface area contributed by atoms with Crippen molar-refractivity contribution in [2.24, 2.45) is 0 Å². The first-order valence-corrected chi connectivity index (χ1v) is 19.3. The maximum atomic E-state index is 13.7. The molecule has 0 N–H and O–H groups in total. The zero-order valence-electron chi connectivity index (χ0n) is 27.2. The minimum Gasteiger partial charge on any atom is -0.328 e. The van der Waals surface area contributed by atoms with Crippen LogP contribution in [0.2, 0.25) is 10.3 Å². The Morgan fingerprint density at radius 3 is 1.40 bits per heavy atom.